The van der Waals surface area contributed by atoms with Crippen molar-refractivity contribution in [3.8, 4) is 0 Å². The molecule has 0 heterocycles. The highest BCUT2D eigenvalue weighted by Crippen LogP contribution is 2.71. The Kier molecular flexibility index (Phi) is 1.98. The molecule has 0 aromatic rings. The number of rotatable bonds is 0. The minimum absolute atomic E-state index is 0.0418. The molecule has 0 saturated heterocycles. The van der Waals surface area contributed by atoms with Crippen LogP contribution in [0.2, 0.25) is 0 Å². The maximum absolute atomic E-state index is 10.7. The Labute approximate surface area is 99.6 Å². The van der Waals surface area contributed by atoms with Crippen molar-refractivity contribution in [3.05, 3.63) is 0 Å². The van der Waals surface area contributed by atoms with Gasteiger partial charge in [0.15, 0.2) is 0 Å². The van der Waals surface area contributed by atoms with Crippen LogP contribution in [0.25, 0.3) is 0 Å². The highest BCUT2D eigenvalue weighted by atomic mass is 16.3. The summed E-state index contributed by atoms with van der Waals surface area (Å²) in [5.41, 5.74) is 0.964. The lowest BCUT2D eigenvalue weighted by atomic mass is 9.63. The zero-order valence-electron chi connectivity index (χ0n) is 11.2. The zero-order valence-corrected chi connectivity index (χ0v) is 11.2. The van der Waals surface area contributed by atoms with E-state index < -0.39 is 0 Å². The first-order valence-electron chi connectivity index (χ1n) is 6.98. The first kappa shape index (κ1) is 11.1. The smallest absolute Gasteiger partial charge is 0.0652 e. The third-order valence-electron chi connectivity index (χ3n) is 6.41. The van der Waals surface area contributed by atoms with Crippen molar-refractivity contribution in [2.45, 2.75) is 65.9 Å². The van der Waals surface area contributed by atoms with E-state index in [9.17, 15) is 5.11 Å². The van der Waals surface area contributed by atoms with E-state index in [1.807, 2.05) is 0 Å². The lowest BCUT2D eigenvalue weighted by Crippen LogP contribution is -2.44. The van der Waals surface area contributed by atoms with Crippen LogP contribution in [-0.2, 0) is 0 Å². The van der Waals surface area contributed by atoms with Gasteiger partial charge in [0.25, 0.3) is 0 Å². The molecule has 1 N–H and O–H groups in total. The highest BCUT2D eigenvalue weighted by molar-refractivity contribution is 5.16. The Hall–Kier alpha value is -0.0400. The quantitative estimate of drug-likeness (QED) is 0.664. The second-order valence-corrected chi connectivity index (χ2v) is 8.05. The third-order valence-corrected chi connectivity index (χ3v) is 6.41. The van der Waals surface area contributed by atoms with E-state index in [0.29, 0.717) is 5.41 Å². The van der Waals surface area contributed by atoms with Gasteiger partial charge in [-0.2, -0.15) is 0 Å². The summed E-state index contributed by atoms with van der Waals surface area (Å²) >= 11 is 0. The van der Waals surface area contributed by atoms with Crippen LogP contribution in [0.15, 0.2) is 0 Å². The van der Waals surface area contributed by atoms with E-state index in [1.165, 1.54) is 32.1 Å². The highest BCUT2D eigenvalue weighted by Gasteiger charge is 2.67. The topological polar surface area (TPSA) is 20.2 Å². The lowest BCUT2D eigenvalue weighted by Gasteiger charge is -2.44. The van der Waals surface area contributed by atoms with Gasteiger partial charge in [0.05, 0.1) is 6.10 Å². The molecule has 1 heteroatoms. The zero-order chi connectivity index (χ0) is 11.8. The normalized spacial score (nSPS) is 58.7. The average molecular weight is 222 g/mol. The van der Waals surface area contributed by atoms with Crippen molar-refractivity contribution in [2.24, 2.45) is 28.1 Å². The molecule has 0 spiro atoms. The van der Waals surface area contributed by atoms with E-state index in [4.69, 9.17) is 0 Å². The molecule has 0 aromatic heterocycles. The molecule has 3 fully saturated rings. The Morgan fingerprint density at radius 3 is 1.75 bits per heavy atom. The molecule has 3 aliphatic rings. The molecule has 0 radical (unpaired) electrons. The molecule has 1 unspecified atom stereocenters. The molecule has 3 rings (SSSR count). The largest absolute Gasteiger partial charge is 0.392 e. The van der Waals surface area contributed by atoms with Crippen molar-refractivity contribution in [2.75, 3.05) is 0 Å². The third kappa shape index (κ3) is 1.11. The van der Waals surface area contributed by atoms with Crippen LogP contribution < -0.4 is 0 Å². The van der Waals surface area contributed by atoms with E-state index in [-0.39, 0.29) is 16.9 Å². The van der Waals surface area contributed by atoms with Gasteiger partial charge in [-0.05, 0) is 53.8 Å². The van der Waals surface area contributed by atoms with Crippen LogP contribution in [0.3, 0.4) is 0 Å². The molecule has 2 bridgehead atoms. The molecule has 92 valence electrons. The predicted molar refractivity (Wildman–Crippen MR) is 66.1 cm³/mol. The van der Waals surface area contributed by atoms with Gasteiger partial charge in [0.2, 0.25) is 0 Å². The minimum Gasteiger partial charge on any atom is -0.392 e. The van der Waals surface area contributed by atoms with Crippen LogP contribution >= 0.6 is 0 Å². The molecule has 3 aliphatic carbocycles. The lowest BCUT2D eigenvalue weighted by molar-refractivity contribution is -0.0656. The number of aliphatic hydroxyl groups is 1. The summed E-state index contributed by atoms with van der Waals surface area (Å²) in [6, 6.07) is 0. The second kappa shape index (κ2) is 2.85. The van der Waals surface area contributed by atoms with Gasteiger partial charge >= 0.3 is 0 Å². The Morgan fingerprint density at radius 1 is 0.875 bits per heavy atom. The second-order valence-electron chi connectivity index (χ2n) is 8.05. The Morgan fingerprint density at radius 2 is 1.31 bits per heavy atom. The van der Waals surface area contributed by atoms with Gasteiger partial charge in [-0.15, -0.1) is 0 Å². The maximum Gasteiger partial charge on any atom is 0.0652 e. The van der Waals surface area contributed by atoms with Gasteiger partial charge in [-0.3, -0.25) is 0 Å². The average Bonchev–Trinajstić information content (AvgIpc) is 2.54. The number of hydrogen-bond acceptors (Lipinski definition) is 1. The van der Waals surface area contributed by atoms with E-state index in [1.54, 1.807) is 0 Å². The maximum atomic E-state index is 10.7. The van der Waals surface area contributed by atoms with Gasteiger partial charge in [0.1, 0.15) is 0 Å². The van der Waals surface area contributed by atoms with Crippen LogP contribution in [0.4, 0.5) is 0 Å². The molecule has 16 heavy (non-hydrogen) atoms. The monoisotopic (exact) mass is 222 g/mol. The summed E-state index contributed by atoms with van der Waals surface area (Å²) in [5, 5.41) is 10.7. The minimum atomic E-state index is -0.0418. The van der Waals surface area contributed by atoms with Crippen molar-refractivity contribution in [1.29, 1.82) is 0 Å². The van der Waals surface area contributed by atoms with Gasteiger partial charge in [-0.1, -0.05) is 34.1 Å². The van der Waals surface area contributed by atoms with Crippen molar-refractivity contribution in [3.63, 3.8) is 0 Å². The Balaban J connectivity index is 2.04. The van der Waals surface area contributed by atoms with E-state index in [0.717, 1.165) is 11.8 Å². The fourth-order valence-electron chi connectivity index (χ4n) is 5.60. The first-order chi connectivity index (χ1) is 7.30. The van der Waals surface area contributed by atoms with Crippen LogP contribution in [-0.4, -0.2) is 11.2 Å². The standard InChI is InChI=1S/C15H26O/c1-13(2)8-10-11(9-13)15(4)7-5-6-14(10,3)12(15)16/h10-12,16H,5-9H2,1-4H3/t10-,11+,12?,14+,15-. The summed E-state index contributed by atoms with van der Waals surface area (Å²) in [7, 11) is 0. The summed E-state index contributed by atoms with van der Waals surface area (Å²) in [4.78, 5) is 0. The summed E-state index contributed by atoms with van der Waals surface area (Å²) < 4.78 is 0. The molecular formula is C15H26O. The molecule has 3 saturated carbocycles. The molecule has 0 amide bonds. The van der Waals surface area contributed by atoms with Crippen molar-refractivity contribution < 1.29 is 5.11 Å². The van der Waals surface area contributed by atoms with E-state index >= 15 is 0 Å². The SMILES string of the molecule is CC1(C)C[C@@H]2[C@H](C1)[C@@]1(C)CCC[C@]2(C)C1O. The molecule has 1 nitrogen and oxygen atoms in total. The van der Waals surface area contributed by atoms with Crippen LogP contribution in [0.5, 0.6) is 0 Å². The van der Waals surface area contributed by atoms with Gasteiger partial charge in [0, 0.05) is 0 Å². The fraction of sp³-hybridized carbons (Fsp3) is 1.00. The van der Waals surface area contributed by atoms with E-state index in [2.05, 4.69) is 27.7 Å². The molecule has 0 aromatic carbocycles. The molecular weight excluding hydrogens is 196 g/mol. The first-order valence-corrected chi connectivity index (χ1v) is 6.98. The summed E-state index contributed by atoms with van der Waals surface area (Å²) in [6.45, 7) is 9.56. The van der Waals surface area contributed by atoms with Crippen LogP contribution in [0.1, 0.15) is 59.8 Å². The molecule has 5 atom stereocenters. The van der Waals surface area contributed by atoms with Crippen LogP contribution in [0, 0.1) is 28.1 Å². The number of fused-ring (bicyclic) bond motifs is 5. The number of aliphatic hydroxyl groups excluding tert-OH is 1. The van der Waals surface area contributed by atoms with Gasteiger partial charge < -0.3 is 5.11 Å². The van der Waals surface area contributed by atoms with Crippen molar-refractivity contribution >= 4 is 0 Å². The fourth-order valence-corrected chi connectivity index (χ4v) is 5.60. The van der Waals surface area contributed by atoms with Crippen molar-refractivity contribution in [1.82, 2.24) is 0 Å². The predicted octanol–water partition coefficient (Wildman–Crippen LogP) is 3.61. The van der Waals surface area contributed by atoms with Gasteiger partial charge in [-0.25, -0.2) is 0 Å². The number of hydrogen-bond donors (Lipinski definition) is 1. The molecule has 0 aliphatic heterocycles. The summed E-state index contributed by atoms with van der Waals surface area (Å²) in [5.74, 6) is 1.56. The Bertz CT molecular complexity index is 293. The summed E-state index contributed by atoms with van der Waals surface area (Å²) in [6.07, 6.45) is 6.46.